The molecule has 1 amide bonds. The van der Waals surface area contributed by atoms with E-state index in [1.807, 2.05) is 24.3 Å². The molecule has 1 aliphatic heterocycles. The molecule has 2 aromatic rings. The maximum atomic E-state index is 12.9. The lowest BCUT2D eigenvalue weighted by Crippen LogP contribution is -2.49. The van der Waals surface area contributed by atoms with E-state index in [0.29, 0.717) is 36.8 Å². The third-order valence-electron chi connectivity index (χ3n) is 5.08. The Balaban J connectivity index is 1.62. The molecular weight excluding hydrogens is 426 g/mol. The van der Waals surface area contributed by atoms with E-state index in [1.54, 1.807) is 36.3 Å². The summed E-state index contributed by atoms with van der Waals surface area (Å²) in [6, 6.07) is 14.1. The second-order valence-corrected chi connectivity index (χ2v) is 9.48. The quantitative estimate of drug-likeness (QED) is 0.700. The molecule has 3 rings (SSSR count). The normalized spacial score (nSPS) is 15.7. The van der Waals surface area contributed by atoms with Crippen LogP contribution in [0.3, 0.4) is 0 Å². The maximum Gasteiger partial charge on any atom is 0.224 e. The molecule has 30 heavy (non-hydrogen) atoms. The largest absolute Gasteiger partial charge is 0.497 e. The summed E-state index contributed by atoms with van der Waals surface area (Å²) >= 11 is 5.93. The van der Waals surface area contributed by atoms with Gasteiger partial charge in [-0.25, -0.2) is 13.1 Å². The summed E-state index contributed by atoms with van der Waals surface area (Å²) in [6.45, 7) is 2.58. The molecule has 0 bridgehead atoms. The number of methoxy groups -OCH3 is 1. The molecule has 1 atom stereocenters. The van der Waals surface area contributed by atoms with E-state index in [4.69, 9.17) is 16.3 Å². The zero-order chi connectivity index (χ0) is 21.7. The summed E-state index contributed by atoms with van der Waals surface area (Å²) in [7, 11) is -1.85. The number of nitrogens with zero attached hydrogens (tertiary/aromatic N) is 2. The first-order valence-corrected chi connectivity index (χ1v) is 11.9. The lowest BCUT2D eigenvalue weighted by Gasteiger charge is -2.36. The lowest BCUT2D eigenvalue weighted by molar-refractivity contribution is -0.132. The van der Waals surface area contributed by atoms with Gasteiger partial charge in [0.15, 0.2) is 0 Å². The number of rotatable bonds is 7. The average molecular weight is 452 g/mol. The van der Waals surface area contributed by atoms with Crippen LogP contribution in [0.25, 0.3) is 0 Å². The van der Waals surface area contributed by atoms with Gasteiger partial charge in [-0.1, -0.05) is 23.7 Å². The molecule has 9 heteroatoms. The predicted octanol–water partition coefficient (Wildman–Crippen LogP) is 2.68. The molecule has 1 heterocycles. The highest BCUT2D eigenvalue weighted by atomic mass is 35.5. The molecule has 0 aromatic heterocycles. The first-order chi connectivity index (χ1) is 14.2. The summed E-state index contributed by atoms with van der Waals surface area (Å²) in [6.07, 6.45) is 1.14. The van der Waals surface area contributed by atoms with E-state index in [2.05, 4.69) is 9.62 Å². The highest BCUT2D eigenvalue weighted by Crippen LogP contribution is 2.23. The van der Waals surface area contributed by atoms with Crippen molar-refractivity contribution in [3.8, 4) is 5.75 Å². The standard InChI is InChI=1S/C21H26ClN3O4S/c1-29-19-9-7-18(8-10-19)24-11-13-25(14-12-24)21(26)15-20(23-30(2,27)28)16-3-5-17(22)6-4-16/h3-10,20,23H,11-15H2,1-2H3/t20-/m0/s1. The van der Waals surface area contributed by atoms with Gasteiger partial charge in [0.1, 0.15) is 5.75 Å². The Morgan fingerprint density at radius 3 is 2.20 bits per heavy atom. The van der Waals surface area contributed by atoms with Crippen LogP contribution < -0.4 is 14.4 Å². The second-order valence-electron chi connectivity index (χ2n) is 7.26. The van der Waals surface area contributed by atoms with Gasteiger partial charge in [0.05, 0.1) is 19.4 Å². The van der Waals surface area contributed by atoms with E-state index >= 15 is 0 Å². The number of nitrogens with one attached hydrogen (secondary N) is 1. The van der Waals surface area contributed by atoms with Gasteiger partial charge >= 0.3 is 0 Å². The van der Waals surface area contributed by atoms with Gasteiger partial charge in [0, 0.05) is 43.3 Å². The Morgan fingerprint density at radius 1 is 1.07 bits per heavy atom. The Bertz CT molecular complexity index is 957. The summed E-state index contributed by atoms with van der Waals surface area (Å²) in [5, 5.41) is 0.554. The number of sulfonamides is 1. The van der Waals surface area contributed by atoms with Crippen LogP contribution in [0.4, 0.5) is 5.69 Å². The molecule has 1 saturated heterocycles. The molecule has 1 fully saturated rings. The summed E-state index contributed by atoms with van der Waals surface area (Å²) in [5.41, 5.74) is 1.79. The molecule has 0 aliphatic carbocycles. The molecule has 0 spiro atoms. The van der Waals surface area contributed by atoms with Crippen LogP contribution in [0, 0.1) is 0 Å². The van der Waals surface area contributed by atoms with E-state index in [-0.39, 0.29) is 12.3 Å². The molecule has 0 radical (unpaired) electrons. The molecule has 1 aliphatic rings. The number of piperazine rings is 1. The molecule has 2 aromatic carbocycles. The van der Waals surface area contributed by atoms with E-state index < -0.39 is 16.1 Å². The molecule has 1 N–H and O–H groups in total. The van der Waals surface area contributed by atoms with Gasteiger partial charge < -0.3 is 14.5 Å². The van der Waals surface area contributed by atoms with Crippen LogP contribution in [-0.4, -0.2) is 58.8 Å². The third kappa shape index (κ3) is 6.10. The number of anilines is 1. The topological polar surface area (TPSA) is 79.0 Å². The smallest absolute Gasteiger partial charge is 0.224 e. The van der Waals surface area contributed by atoms with Crippen LogP contribution in [0.15, 0.2) is 48.5 Å². The monoisotopic (exact) mass is 451 g/mol. The molecular formula is C21H26ClN3O4S. The van der Waals surface area contributed by atoms with Crippen LogP contribution >= 0.6 is 11.6 Å². The fourth-order valence-electron chi connectivity index (χ4n) is 3.49. The zero-order valence-electron chi connectivity index (χ0n) is 17.0. The predicted molar refractivity (Wildman–Crippen MR) is 119 cm³/mol. The van der Waals surface area contributed by atoms with Crippen molar-refractivity contribution >= 4 is 33.2 Å². The maximum absolute atomic E-state index is 12.9. The number of hydrogen-bond acceptors (Lipinski definition) is 5. The van der Waals surface area contributed by atoms with Gasteiger partial charge in [0.2, 0.25) is 15.9 Å². The van der Waals surface area contributed by atoms with Gasteiger partial charge in [-0.3, -0.25) is 4.79 Å². The number of amides is 1. The fourth-order valence-corrected chi connectivity index (χ4v) is 4.35. The van der Waals surface area contributed by atoms with Crippen molar-refractivity contribution in [2.75, 3.05) is 44.4 Å². The number of halogens is 1. The number of carbonyl (C=O) groups is 1. The zero-order valence-corrected chi connectivity index (χ0v) is 18.6. The SMILES string of the molecule is COc1ccc(N2CCN(C(=O)C[C@H](NS(C)(=O)=O)c3ccc(Cl)cc3)CC2)cc1. The van der Waals surface area contributed by atoms with Crippen LogP contribution in [0.5, 0.6) is 5.75 Å². The van der Waals surface area contributed by atoms with Crippen molar-refractivity contribution in [1.29, 1.82) is 0 Å². The summed E-state index contributed by atoms with van der Waals surface area (Å²) in [5.74, 6) is 0.722. The van der Waals surface area contributed by atoms with Crippen molar-refractivity contribution in [3.05, 3.63) is 59.1 Å². The van der Waals surface area contributed by atoms with Gasteiger partial charge in [0.25, 0.3) is 0 Å². The van der Waals surface area contributed by atoms with Crippen molar-refractivity contribution in [2.24, 2.45) is 0 Å². The molecule has 0 unspecified atom stereocenters. The van der Waals surface area contributed by atoms with E-state index in [1.165, 1.54) is 0 Å². The van der Waals surface area contributed by atoms with Gasteiger partial charge in [-0.05, 0) is 42.0 Å². The van der Waals surface area contributed by atoms with Crippen LogP contribution in [0.1, 0.15) is 18.0 Å². The first-order valence-electron chi connectivity index (χ1n) is 9.65. The van der Waals surface area contributed by atoms with Gasteiger partial charge in [-0.2, -0.15) is 0 Å². The van der Waals surface area contributed by atoms with Crippen molar-refractivity contribution < 1.29 is 17.9 Å². The minimum Gasteiger partial charge on any atom is -0.497 e. The molecule has 0 saturated carbocycles. The average Bonchev–Trinajstić information content (AvgIpc) is 2.73. The van der Waals surface area contributed by atoms with Crippen LogP contribution in [0.2, 0.25) is 5.02 Å². The number of hydrogen-bond donors (Lipinski definition) is 1. The summed E-state index contributed by atoms with van der Waals surface area (Å²) < 4.78 is 31.4. The molecule has 162 valence electrons. The second kappa shape index (κ2) is 9.68. The van der Waals surface area contributed by atoms with Gasteiger partial charge in [-0.15, -0.1) is 0 Å². The Labute approximate surface area is 182 Å². The Morgan fingerprint density at radius 2 is 1.67 bits per heavy atom. The Hall–Kier alpha value is -2.29. The molecule has 7 nitrogen and oxygen atoms in total. The van der Waals surface area contributed by atoms with E-state index in [9.17, 15) is 13.2 Å². The first kappa shape index (κ1) is 22.4. The van der Waals surface area contributed by atoms with Crippen LogP contribution in [-0.2, 0) is 14.8 Å². The highest BCUT2D eigenvalue weighted by Gasteiger charge is 2.26. The number of carbonyl (C=O) groups excluding carboxylic acids is 1. The van der Waals surface area contributed by atoms with E-state index in [0.717, 1.165) is 17.7 Å². The van der Waals surface area contributed by atoms with Crippen molar-refractivity contribution in [1.82, 2.24) is 9.62 Å². The fraction of sp³-hybridized carbons (Fsp3) is 0.381. The summed E-state index contributed by atoms with van der Waals surface area (Å²) in [4.78, 5) is 16.9. The Kier molecular flexibility index (Phi) is 7.23. The van der Waals surface area contributed by atoms with Crippen molar-refractivity contribution in [2.45, 2.75) is 12.5 Å². The third-order valence-corrected chi connectivity index (χ3v) is 6.04. The van der Waals surface area contributed by atoms with Crippen molar-refractivity contribution in [3.63, 3.8) is 0 Å². The minimum atomic E-state index is -3.48. The lowest BCUT2D eigenvalue weighted by atomic mass is 10.0. The number of ether oxygens (including phenoxy) is 1. The minimum absolute atomic E-state index is 0.0528. The highest BCUT2D eigenvalue weighted by molar-refractivity contribution is 7.88. The number of benzene rings is 2.